The van der Waals surface area contributed by atoms with Gasteiger partial charge in [0.05, 0.1) is 5.25 Å². The molecule has 0 unspecified atom stereocenters. The molecule has 1 atom stereocenters. The first kappa shape index (κ1) is 17.0. The molecule has 22 heavy (non-hydrogen) atoms. The maximum Gasteiger partial charge on any atom is 0.233 e. The number of rotatable bonds is 6. The van der Waals surface area contributed by atoms with Crippen LogP contribution in [0, 0.1) is 0 Å². The molecule has 1 N–H and O–H groups in total. The topological polar surface area (TPSA) is 59.8 Å². The van der Waals surface area contributed by atoms with Crippen LogP contribution in [-0.2, 0) is 16.8 Å². The number of carbonyl (C=O) groups excluding carboxylic acids is 1. The minimum absolute atomic E-state index is 0.0324. The molecule has 120 valence electrons. The Hall–Kier alpha value is -1.34. The van der Waals surface area contributed by atoms with Gasteiger partial charge in [-0.15, -0.1) is 21.5 Å². The summed E-state index contributed by atoms with van der Waals surface area (Å²) in [6.45, 7) is 8.83. The third-order valence-electron chi connectivity index (χ3n) is 3.14. The highest BCUT2D eigenvalue weighted by Gasteiger charge is 2.22. The summed E-state index contributed by atoms with van der Waals surface area (Å²) in [5.41, 5.74) is -0.0960. The SMILES string of the molecule is C[C@H](Sc1nncn1C(C)(C)C)C(=O)NCCc1cccs1. The van der Waals surface area contributed by atoms with E-state index in [0.29, 0.717) is 6.54 Å². The number of carbonyl (C=O) groups is 1. The molecule has 0 aromatic carbocycles. The molecule has 0 radical (unpaired) electrons. The highest BCUT2D eigenvalue weighted by atomic mass is 32.2. The lowest BCUT2D eigenvalue weighted by molar-refractivity contribution is -0.120. The van der Waals surface area contributed by atoms with Crippen LogP contribution in [0.25, 0.3) is 0 Å². The van der Waals surface area contributed by atoms with Crippen molar-refractivity contribution < 1.29 is 4.79 Å². The summed E-state index contributed by atoms with van der Waals surface area (Å²) in [5, 5.41) is 13.7. The molecule has 2 rings (SSSR count). The largest absolute Gasteiger partial charge is 0.355 e. The van der Waals surface area contributed by atoms with Gasteiger partial charge in [0.15, 0.2) is 5.16 Å². The van der Waals surface area contributed by atoms with Gasteiger partial charge in [0, 0.05) is 17.0 Å². The van der Waals surface area contributed by atoms with Crippen molar-refractivity contribution in [3.05, 3.63) is 28.7 Å². The standard InChI is InChI=1S/C15H22N4OS2/c1-11(13(20)16-8-7-12-6-5-9-21-12)22-14-18-17-10-19(14)15(2,3)4/h5-6,9-11H,7-8H2,1-4H3,(H,16,20)/t11-/m0/s1. The van der Waals surface area contributed by atoms with Gasteiger partial charge in [0.2, 0.25) is 5.91 Å². The monoisotopic (exact) mass is 338 g/mol. The number of nitrogens with one attached hydrogen (secondary N) is 1. The van der Waals surface area contributed by atoms with Gasteiger partial charge < -0.3 is 9.88 Å². The summed E-state index contributed by atoms with van der Waals surface area (Å²) in [7, 11) is 0. The summed E-state index contributed by atoms with van der Waals surface area (Å²) >= 11 is 3.15. The zero-order chi connectivity index (χ0) is 16.2. The van der Waals surface area contributed by atoms with E-state index < -0.39 is 0 Å². The number of hydrogen-bond donors (Lipinski definition) is 1. The summed E-state index contributed by atoms with van der Waals surface area (Å²) in [4.78, 5) is 13.5. The maximum absolute atomic E-state index is 12.2. The van der Waals surface area contributed by atoms with Crippen LogP contribution in [0.15, 0.2) is 29.0 Å². The third-order valence-corrected chi connectivity index (χ3v) is 5.13. The van der Waals surface area contributed by atoms with Gasteiger partial charge in [-0.2, -0.15) is 0 Å². The van der Waals surface area contributed by atoms with Gasteiger partial charge in [-0.3, -0.25) is 4.79 Å². The third kappa shape index (κ3) is 4.58. The summed E-state index contributed by atoms with van der Waals surface area (Å²) in [5.74, 6) is 0.0324. The highest BCUT2D eigenvalue weighted by Crippen LogP contribution is 2.26. The van der Waals surface area contributed by atoms with Gasteiger partial charge in [-0.1, -0.05) is 17.8 Å². The number of thiophene rings is 1. The van der Waals surface area contributed by atoms with E-state index in [1.165, 1.54) is 16.6 Å². The Morgan fingerprint density at radius 2 is 2.27 bits per heavy atom. The molecule has 0 aliphatic heterocycles. The van der Waals surface area contributed by atoms with Crippen LogP contribution >= 0.6 is 23.1 Å². The van der Waals surface area contributed by atoms with E-state index in [1.54, 1.807) is 17.7 Å². The fraction of sp³-hybridized carbons (Fsp3) is 0.533. The molecule has 0 fully saturated rings. The van der Waals surface area contributed by atoms with Crippen molar-refractivity contribution in [2.45, 2.75) is 50.1 Å². The quantitative estimate of drug-likeness (QED) is 0.823. The van der Waals surface area contributed by atoms with E-state index in [1.807, 2.05) is 17.6 Å². The smallest absolute Gasteiger partial charge is 0.233 e. The Morgan fingerprint density at radius 3 is 2.91 bits per heavy atom. The molecule has 2 aromatic rings. The molecule has 1 amide bonds. The number of hydrogen-bond acceptors (Lipinski definition) is 5. The summed E-state index contributed by atoms with van der Waals surface area (Å²) in [6.07, 6.45) is 2.59. The highest BCUT2D eigenvalue weighted by molar-refractivity contribution is 8.00. The Morgan fingerprint density at radius 1 is 1.50 bits per heavy atom. The lowest BCUT2D eigenvalue weighted by Crippen LogP contribution is -2.33. The van der Waals surface area contributed by atoms with Crippen molar-refractivity contribution in [2.75, 3.05) is 6.54 Å². The molecule has 0 spiro atoms. The second kappa shape index (κ2) is 7.28. The molecule has 2 heterocycles. The number of aromatic nitrogens is 3. The molecule has 7 heteroatoms. The van der Waals surface area contributed by atoms with Crippen LogP contribution in [0.2, 0.25) is 0 Å². The first-order chi connectivity index (χ1) is 10.4. The second-order valence-electron chi connectivity index (χ2n) is 6.03. The van der Waals surface area contributed by atoms with E-state index in [4.69, 9.17) is 0 Å². The Bertz CT molecular complexity index is 601. The molecule has 2 aromatic heterocycles. The van der Waals surface area contributed by atoms with Gasteiger partial charge in [0.25, 0.3) is 0 Å². The van der Waals surface area contributed by atoms with E-state index in [-0.39, 0.29) is 16.7 Å². The lowest BCUT2D eigenvalue weighted by Gasteiger charge is -2.22. The maximum atomic E-state index is 12.2. The summed E-state index contributed by atoms with van der Waals surface area (Å²) < 4.78 is 1.99. The van der Waals surface area contributed by atoms with Gasteiger partial charge >= 0.3 is 0 Å². The molecule has 0 saturated heterocycles. The van der Waals surface area contributed by atoms with E-state index in [9.17, 15) is 4.79 Å². The Labute approximate surface area is 139 Å². The van der Waals surface area contributed by atoms with Crippen molar-refractivity contribution in [3.8, 4) is 0 Å². The molecule has 5 nitrogen and oxygen atoms in total. The Balaban J connectivity index is 1.85. The first-order valence-electron chi connectivity index (χ1n) is 7.25. The zero-order valence-electron chi connectivity index (χ0n) is 13.4. The molecular weight excluding hydrogens is 316 g/mol. The van der Waals surface area contributed by atoms with Crippen LogP contribution in [-0.4, -0.2) is 32.5 Å². The fourth-order valence-electron chi connectivity index (χ4n) is 1.88. The van der Waals surface area contributed by atoms with Crippen LogP contribution in [0.3, 0.4) is 0 Å². The molecular formula is C15H22N4OS2. The van der Waals surface area contributed by atoms with E-state index in [2.05, 4.69) is 47.7 Å². The average Bonchev–Trinajstić information content (AvgIpc) is 3.08. The van der Waals surface area contributed by atoms with Crippen molar-refractivity contribution in [3.63, 3.8) is 0 Å². The lowest BCUT2D eigenvalue weighted by atomic mass is 10.1. The van der Waals surface area contributed by atoms with Crippen molar-refractivity contribution >= 4 is 29.0 Å². The van der Waals surface area contributed by atoms with Crippen molar-refractivity contribution in [1.82, 2.24) is 20.1 Å². The minimum atomic E-state index is -0.200. The van der Waals surface area contributed by atoms with E-state index >= 15 is 0 Å². The fourth-order valence-corrected chi connectivity index (χ4v) is 3.63. The second-order valence-corrected chi connectivity index (χ2v) is 8.38. The van der Waals surface area contributed by atoms with Crippen molar-refractivity contribution in [2.24, 2.45) is 0 Å². The molecule has 0 saturated carbocycles. The first-order valence-corrected chi connectivity index (χ1v) is 9.01. The number of amides is 1. The number of nitrogens with zero attached hydrogens (tertiary/aromatic N) is 3. The molecule has 0 bridgehead atoms. The van der Waals surface area contributed by atoms with Crippen LogP contribution < -0.4 is 5.32 Å². The number of thioether (sulfide) groups is 1. The van der Waals surface area contributed by atoms with Crippen LogP contribution in [0.4, 0.5) is 0 Å². The normalized spacial score (nSPS) is 13.1. The Kier molecular flexibility index (Phi) is 5.63. The summed E-state index contributed by atoms with van der Waals surface area (Å²) in [6, 6.07) is 4.11. The minimum Gasteiger partial charge on any atom is -0.355 e. The van der Waals surface area contributed by atoms with Gasteiger partial charge in [-0.25, -0.2) is 0 Å². The average molecular weight is 339 g/mol. The van der Waals surface area contributed by atoms with Crippen molar-refractivity contribution in [1.29, 1.82) is 0 Å². The van der Waals surface area contributed by atoms with Gasteiger partial charge in [0.1, 0.15) is 6.33 Å². The molecule has 0 aliphatic carbocycles. The predicted octanol–water partition coefficient (Wildman–Crippen LogP) is 2.93. The van der Waals surface area contributed by atoms with Gasteiger partial charge in [-0.05, 0) is 45.6 Å². The van der Waals surface area contributed by atoms with Crippen LogP contribution in [0.1, 0.15) is 32.6 Å². The van der Waals surface area contributed by atoms with Crippen LogP contribution in [0.5, 0.6) is 0 Å². The molecule has 0 aliphatic rings. The zero-order valence-corrected chi connectivity index (χ0v) is 15.0. The van der Waals surface area contributed by atoms with E-state index in [0.717, 1.165) is 11.6 Å². The predicted molar refractivity (Wildman–Crippen MR) is 91.4 cm³/mol.